The largest absolute Gasteiger partial charge is 0.375 e. The van der Waals surface area contributed by atoms with Crippen molar-refractivity contribution in [1.29, 1.82) is 0 Å². The Balaban J connectivity index is 2.31. The minimum absolute atomic E-state index is 0.357. The number of nitrogens with zero attached hydrogens (tertiary/aromatic N) is 2. The van der Waals surface area contributed by atoms with Crippen molar-refractivity contribution in [2.24, 2.45) is 5.41 Å². The van der Waals surface area contributed by atoms with E-state index in [1.54, 1.807) is 0 Å². The highest BCUT2D eigenvalue weighted by Gasteiger charge is 2.13. The van der Waals surface area contributed by atoms with Crippen molar-refractivity contribution in [2.45, 2.75) is 27.2 Å². The van der Waals surface area contributed by atoms with Crippen molar-refractivity contribution in [1.82, 2.24) is 9.88 Å². The summed E-state index contributed by atoms with van der Waals surface area (Å²) in [4.78, 5) is 6.59. The third-order valence-electron chi connectivity index (χ3n) is 2.06. The van der Waals surface area contributed by atoms with E-state index in [0.717, 1.165) is 25.2 Å². The molecular formula is C11H21N3S. The monoisotopic (exact) mass is 227 g/mol. The molecule has 0 bridgehead atoms. The number of rotatable bonds is 4. The summed E-state index contributed by atoms with van der Waals surface area (Å²) in [6, 6.07) is 0. The van der Waals surface area contributed by atoms with E-state index in [2.05, 4.69) is 37.7 Å². The predicted octanol–water partition coefficient (Wildman–Crippen LogP) is 2.25. The Bertz CT molecular complexity index is 301. The summed E-state index contributed by atoms with van der Waals surface area (Å²) in [7, 11) is 2.15. The molecule has 0 amide bonds. The molecule has 1 aromatic rings. The Labute approximate surface area is 96.3 Å². The second-order valence-corrected chi connectivity index (χ2v) is 6.12. The lowest BCUT2D eigenvalue weighted by molar-refractivity contribution is 0.229. The first-order valence-corrected chi connectivity index (χ1v) is 6.13. The van der Waals surface area contributed by atoms with Gasteiger partial charge in [-0.3, -0.25) is 0 Å². The van der Waals surface area contributed by atoms with Crippen molar-refractivity contribution >= 4 is 16.5 Å². The van der Waals surface area contributed by atoms with Gasteiger partial charge in [-0.25, -0.2) is 4.98 Å². The van der Waals surface area contributed by atoms with Gasteiger partial charge in [-0.2, -0.15) is 0 Å². The highest BCUT2D eigenvalue weighted by molar-refractivity contribution is 7.13. The molecule has 0 aliphatic heterocycles. The Morgan fingerprint density at radius 1 is 1.47 bits per heavy atom. The van der Waals surface area contributed by atoms with Crippen LogP contribution in [0.4, 0.5) is 5.13 Å². The predicted molar refractivity (Wildman–Crippen MR) is 67.2 cm³/mol. The Morgan fingerprint density at radius 2 is 2.13 bits per heavy atom. The molecular weight excluding hydrogens is 206 g/mol. The maximum atomic E-state index is 5.58. The van der Waals surface area contributed by atoms with Crippen molar-refractivity contribution in [2.75, 3.05) is 25.9 Å². The zero-order chi connectivity index (χ0) is 11.5. The molecule has 0 saturated carbocycles. The Morgan fingerprint density at radius 3 is 2.60 bits per heavy atom. The van der Waals surface area contributed by atoms with E-state index < -0.39 is 0 Å². The van der Waals surface area contributed by atoms with Gasteiger partial charge in [0.2, 0.25) is 0 Å². The van der Waals surface area contributed by atoms with Gasteiger partial charge in [0.05, 0.1) is 5.69 Å². The molecule has 0 radical (unpaired) electrons. The second kappa shape index (κ2) is 4.94. The van der Waals surface area contributed by atoms with Gasteiger partial charge in [-0.15, -0.1) is 11.3 Å². The standard InChI is InChI=1S/C11H21N3S/c1-11(2,3)8-14(4)6-5-9-7-15-10(12)13-9/h7H,5-6,8H2,1-4H3,(H2,12,13). The second-order valence-electron chi connectivity index (χ2n) is 5.23. The van der Waals surface area contributed by atoms with Crippen LogP contribution < -0.4 is 5.73 Å². The van der Waals surface area contributed by atoms with E-state index in [1.165, 1.54) is 11.3 Å². The lowest BCUT2D eigenvalue weighted by atomic mass is 9.96. The van der Waals surface area contributed by atoms with Gasteiger partial charge in [0.25, 0.3) is 0 Å². The highest BCUT2D eigenvalue weighted by atomic mass is 32.1. The fourth-order valence-corrected chi connectivity index (χ4v) is 2.23. The molecule has 1 aromatic heterocycles. The van der Waals surface area contributed by atoms with Gasteiger partial charge in [-0.1, -0.05) is 20.8 Å². The SMILES string of the molecule is CN(CCc1csc(N)n1)CC(C)(C)C. The number of hydrogen-bond donors (Lipinski definition) is 1. The Kier molecular flexibility index (Phi) is 4.11. The molecule has 0 saturated heterocycles. The first-order chi connectivity index (χ1) is 6.87. The van der Waals surface area contributed by atoms with Crippen LogP contribution in [0.25, 0.3) is 0 Å². The maximum absolute atomic E-state index is 5.58. The molecule has 0 aliphatic carbocycles. The van der Waals surface area contributed by atoms with Crippen molar-refractivity contribution in [3.63, 3.8) is 0 Å². The molecule has 0 atom stereocenters. The van der Waals surface area contributed by atoms with E-state index in [-0.39, 0.29) is 0 Å². The summed E-state index contributed by atoms with van der Waals surface area (Å²) in [5.41, 5.74) is 7.05. The molecule has 0 aliphatic rings. The number of likely N-dealkylation sites (N-methyl/N-ethyl adjacent to an activating group) is 1. The average molecular weight is 227 g/mol. The van der Waals surface area contributed by atoms with Crippen LogP contribution in [0.1, 0.15) is 26.5 Å². The number of anilines is 1. The van der Waals surface area contributed by atoms with Crippen LogP contribution in [-0.2, 0) is 6.42 Å². The lowest BCUT2D eigenvalue weighted by Crippen LogP contribution is -2.30. The van der Waals surface area contributed by atoms with E-state index in [0.29, 0.717) is 10.5 Å². The molecule has 0 spiro atoms. The zero-order valence-electron chi connectivity index (χ0n) is 10.1. The van der Waals surface area contributed by atoms with Gasteiger partial charge < -0.3 is 10.6 Å². The van der Waals surface area contributed by atoms with Crippen LogP contribution >= 0.6 is 11.3 Å². The van der Waals surface area contributed by atoms with E-state index >= 15 is 0 Å². The van der Waals surface area contributed by atoms with Crippen LogP contribution in [0.2, 0.25) is 0 Å². The van der Waals surface area contributed by atoms with Crippen LogP contribution in [0, 0.1) is 5.41 Å². The van der Waals surface area contributed by atoms with E-state index in [1.807, 2.05) is 5.38 Å². The average Bonchev–Trinajstić information content (AvgIpc) is 2.45. The third-order valence-corrected chi connectivity index (χ3v) is 2.79. The topological polar surface area (TPSA) is 42.1 Å². The highest BCUT2D eigenvalue weighted by Crippen LogP contribution is 2.15. The van der Waals surface area contributed by atoms with E-state index in [4.69, 9.17) is 5.73 Å². The Hall–Kier alpha value is -0.610. The molecule has 3 nitrogen and oxygen atoms in total. The quantitative estimate of drug-likeness (QED) is 0.858. The van der Waals surface area contributed by atoms with Gasteiger partial charge in [-0.05, 0) is 12.5 Å². The fourth-order valence-electron chi connectivity index (χ4n) is 1.63. The minimum atomic E-state index is 0.357. The molecule has 0 fully saturated rings. The van der Waals surface area contributed by atoms with Gasteiger partial charge in [0.1, 0.15) is 0 Å². The summed E-state index contributed by atoms with van der Waals surface area (Å²) < 4.78 is 0. The van der Waals surface area contributed by atoms with Crippen LogP contribution in [-0.4, -0.2) is 30.0 Å². The normalized spacial score (nSPS) is 12.3. The lowest BCUT2D eigenvalue weighted by Gasteiger charge is -2.26. The molecule has 1 heterocycles. The summed E-state index contributed by atoms with van der Waals surface area (Å²) in [5, 5.41) is 2.71. The van der Waals surface area contributed by atoms with Crippen molar-refractivity contribution < 1.29 is 0 Å². The molecule has 1 rings (SSSR count). The summed E-state index contributed by atoms with van der Waals surface area (Å²) in [5.74, 6) is 0. The molecule has 2 N–H and O–H groups in total. The molecule has 86 valence electrons. The van der Waals surface area contributed by atoms with Gasteiger partial charge >= 0.3 is 0 Å². The molecule has 0 aromatic carbocycles. The van der Waals surface area contributed by atoms with Crippen LogP contribution in [0.15, 0.2) is 5.38 Å². The summed E-state index contributed by atoms with van der Waals surface area (Å²) in [6.45, 7) is 8.91. The summed E-state index contributed by atoms with van der Waals surface area (Å²) >= 11 is 1.52. The fraction of sp³-hybridized carbons (Fsp3) is 0.727. The summed E-state index contributed by atoms with van der Waals surface area (Å²) in [6.07, 6.45) is 0.986. The van der Waals surface area contributed by atoms with Gasteiger partial charge in [0, 0.05) is 24.9 Å². The number of nitrogens with two attached hydrogens (primary N) is 1. The van der Waals surface area contributed by atoms with Crippen molar-refractivity contribution in [3.05, 3.63) is 11.1 Å². The number of thiazole rings is 1. The van der Waals surface area contributed by atoms with Gasteiger partial charge in [0.15, 0.2) is 5.13 Å². The number of aromatic nitrogens is 1. The number of hydrogen-bond acceptors (Lipinski definition) is 4. The van der Waals surface area contributed by atoms with Crippen LogP contribution in [0.3, 0.4) is 0 Å². The molecule has 4 heteroatoms. The first kappa shape index (κ1) is 12.5. The van der Waals surface area contributed by atoms with E-state index in [9.17, 15) is 0 Å². The first-order valence-electron chi connectivity index (χ1n) is 5.25. The zero-order valence-corrected chi connectivity index (χ0v) is 10.9. The minimum Gasteiger partial charge on any atom is -0.375 e. The maximum Gasteiger partial charge on any atom is 0.180 e. The smallest absolute Gasteiger partial charge is 0.180 e. The molecule has 15 heavy (non-hydrogen) atoms. The third kappa shape index (κ3) is 5.14. The molecule has 0 unspecified atom stereocenters. The number of nitrogen functional groups attached to an aromatic ring is 1. The van der Waals surface area contributed by atoms with Crippen LogP contribution in [0.5, 0.6) is 0 Å². The van der Waals surface area contributed by atoms with Crippen molar-refractivity contribution in [3.8, 4) is 0 Å².